The Morgan fingerprint density at radius 3 is 2.72 bits per heavy atom. The van der Waals surface area contributed by atoms with Gasteiger partial charge < -0.3 is 29.9 Å². The summed E-state index contributed by atoms with van der Waals surface area (Å²) in [5.74, 6) is 1.07. The van der Waals surface area contributed by atoms with E-state index in [-0.39, 0.29) is 18.2 Å². The summed E-state index contributed by atoms with van der Waals surface area (Å²) in [6, 6.07) is -0.136. The quantitative estimate of drug-likeness (QED) is 0.592. The third-order valence-corrected chi connectivity index (χ3v) is 5.56. The molecule has 3 N–H and O–H groups in total. The molecule has 2 aromatic rings. The fraction of sp³-hybridized carbons (Fsp3) is 0.727. The van der Waals surface area contributed by atoms with Gasteiger partial charge in [-0.2, -0.15) is 9.97 Å². The number of rotatable bonds is 7. The van der Waals surface area contributed by atoms with Gasteiger partial charge in [0, 0.05) is 25.7 Å². The molecule has 10 nitrogen and oxygen atoms in total. The number of aliphatic hydroxyl groups is 1. The molecule has 1 aliphatic heterocycles. The third-order valence-electron chi connectivity index (χ3n) is 5.56. The van der Waals surface area contributed by atoms with Crippen molar-refractivity contribution < 1.29 is 14.6 Å². The average Bonchev–Trinajstić information content (AvgIpc) is 3.14. The van der Waals surface area contributed by atoms with Gasteiger partial charge in [0.2, 0.25) is 5.95 Å². The van der Waals surface area contributed by atoms with Gasteiger partial charge in [-0.15, -0.1) is 0 Å². The number of aliphatic hydroxyl groups excluding tert-OH is 1. The standard InChI is InChI=1S/C22H37N7O3/c1-7-16(14(3)30)25-20-26-18(17-19(27-20)28(8-2)13-23-17)24-15-10-9-11-29(12-15)21(31)32-22(4,5)6/h13-16,30H,7-12H2,1-6H3,(H2,24,25,26,27)/t14-,15+,16+/m1/s1. The zero-order chi connectivity index (χ0) is 23.5. The van der Waals surface area contributed by atoms with Crippen LogP contribution >= 0.6 is 0 Å². The number of amides is 1. The first-order chi connectivity index (χ1) is 15.1. The second-order valence-electron chi connectivity index (χ2n) is 9.41. The molecule has 1 saturated heterocycles. The van der Waals surface area contributed by atoms with Gasteiger partial charge in [0.25, 0.3) is 0 Å². The van der Waals surface area contributed by atoms with E-state index in [0.717, 1.165) is 31.5 Å². The van der Waals surface area contributed by atoms with Crippen molar-refractivity contribution in [1.82, 2.24) is 24.4 Å². The summed E-state index contributed by atoms with van der Waals surface area (Å²) in [4.78, 5) is 28.2. The lowest BCUT2D eigenvalue weighted by molar-refractivity contribution is 0.0206. The lowest BCUT2D eigenvalue weighted by atomic mass is 10.1. The molecule has 0 aliphatic carbocycles. The Labute approximate surface area is 189 Å². The lowest BCUT2D eigenvalue weighted by Gasteiger charge is -2.34. The maximum absolute atomic E-state index is 12.5. The molecule has 1 fully saturated rings. The molecule has 3 rings (SSSR count). The van der Waals surface area contributed by atoms with Gasteiger partial charge in [-0.05, 0) is 53.9 Å². The minimum atomic E-state index is -0.535. The number of likely N-dealkylation sites (tertiary alicyclic amines) is 1. The SMILES string of the molecule is CC[C@H](Nc1nc(N[C@H]2CCCN(C(=O)OC(C)(C)C)C2)c2ncn(CC)c2n1)[C@@H](C)O. The number of nitrogens with zero attached hydrogens (tertiary/aromatic N) is 5. The predicted molar refractivity (Wildman–Crippen MR) is 125 cm³/mol. The molecule has 0 radical (unpaired) electrons. The Hall–Kier alpha value is -2.62. The maximum atomic E-state index is 12.5. The maximum Gasteiger partial charge on any atom is 0.410 e. The van der Waals surface area contributed by atoms with Crippen molar-refractivity contribution in [1.29, 1.82) is 0 Å². The van der Waals surface area contributed by atoms with Crippen molar-refractivity contribution in [2.75, 3.05) is 23.7 Å². The van der Waals surface area contributed by atoms with E-state index < -0.39 is 11.7 Å². The molecule has 1 amide bonds. The Morgan fingerprint density at radius 1 is 1.34 bits per heavy atom. The predicted octanol–water partition coefficient (Wildman–Crippen LogP) is 3.23. The van der Waals surface area contributed by atoms with Gasteiger partial charge in [-0.1, -0.05) is 6.92 Å². The largest absolute Gasteiger partial charge is 0.444 e. The smallest absolute Gasteiger partial charge is 0.410 e. The molecule has 10 heteroatoms. The summed E-state index contributed by atoms with van der Waals surface area (Å²) in [6.45, 7) is 13.4. The van der Waals surface area contributed by atoms with Crippen molar-refractivity contribution in [3.05, 3.63) is 6.33 Å². The summed E-state index contributed by atoms with van der Waals surface area (Å²) in [5.41, 5.74) is 0.897. The molecule has 3 heterocycles. The molecule has 1 aliphatic rings. The number of piperidine rings is 1. The number of hydrogen-bond acceptors (Lipinski definition) is 8. The number of carbonyl (C=O) groups excluding carboxylic acids is 1. The molecule has 0 unspecified atom stereocenters. The van der Waals surface area contributed by atoms with Crippen LogP contribution in [0.4, 0.5) is 16.6 Å². The van der Waals surface area contributed by atoms with Crippen LogP contribution in [0.3, 0.4) is 0 Å². The average molecular weight is 448 g/mol. The number of anilines is 2. The van der Waals surface area contributed by atoms with Crippen molar-refractivity contribution in [3.63, 3.8) is 0 Å². The highest BCUT2D eigenvalue weighted by Crippen LogP contribution is 2.25. The van der Waals surface area contributed by atoms with Crippen LogP contribution in [-0.2, 0) is 11.3 Å². The Morgan fingerprint density at radius 2 is 2.09 bits per heavy atom. The topological polar surface area (TPSA) is 117 Å². The number of ether oxygens (including phenoxy) is 1. The fourth-order valence-electron chi connectivity index (χ4n) is 3.85. The van der Waals surface area contributed by atoms with Crippen LogP contribution in [0, 0.1) is 0 Å². The Balaban J connectivity index is 1.84. The minimum absolute atomic E-state index is 0.0210. The molecule has 0 spiro atoms. The number of fused-ring (bicyclic) bond motifs is 1. The van der Waals surface area contributed by atoms with Crippen LogP contribution in [0.1, 0.15) is 60.8 Å². The third kappa shape index (κ3) is 5.79. The van der Waals surface area contributed by atoms with Crippen molar-refractivity contribution in [2.45, 2.75) is 91.1 Å². The highest BCUT2D eigenvalue weighted by Gasteiger charge is 2.28. The fourth-order valence-corrected chi connectivity index (χ4v) is 3.85. The summed E-state index contributed by atoms with van der Waals surface area (Å²) < 4.78 is 7.51. The number of aryl methyl sites for hydroxylation is 1. The summed E-state index contributed by atoms with van der Waals surface area (Å²) in [6.07, 6.45) is 3.45. The first kappa shape index (κ1) is 24.0. The highest BCUT2D eigenvalue weighted by atomic mass is 16.6. The minimum Gasteiger partial charge on any atom is -0.444 e. The molecule has 0 saturated carbocycles. The molecular formula is C22H37N7O3. The number of carbonyl (C=O) groups is 1. The number of nitrogens with one attached hydrogen (secondary N) is 2. The van der Waals surface area contributed by atoms with Gasteiger partial charge in [0.15, 0.2) is 17.0 Å². The second-order valence-corrected chi connectivity index (χ2v) is 9.41. The van der Waals surface area contributed by atoms with Crippen LogP contribution in [0.5, 0.6) is 0 Å². The van der Waals surface area contributed by atoms with Gasteiger partial charge in [0.1, 0.15) is 5.60 Å². The molecule has 178 valence electrons. The van der Waals surface area contributed by atoms with Crippen LogP contribution in [0.15, 0.2) is 6.33 Å². The first-order valence-corrected chi connectivity index (χ1v) is 11.5. The van der Waals surface area contributed by atoms with Crippen LogP contribution < -0.4 is 10.6 Å². The summed E-state index contributed by atoms with van der Waals surface area (Å²) in [7, 11) is 0. The van der Waals surface area contributed by atoms with Gasteiger partial charge in [-0.3, -0.25) is 0 Å². The van der Waals surface area contributed by atoms with Crippen LogP contribution in [0.25, 0.3) is 11.2 Å². The van der Waals surface area contributed by atoms with E-state index in [1.165, 1.54) is 0 Å². The van der Waals surface area contributed by atoms with E-state index in [1.807, 2.05) is 39.2 Å². The van der Waals surface area contributed by atoms with Crippen LogP contribution in [-0.4, -0.2) is 72.5 Å². The zero-order valence-corrected chi connectivity index (χ0v) is 20.1. The second kappa shape index (κ2) is 9.89. The van der Waals surface area contributed by atoms with E-state index in [2.05, 4.69) is 25.6 Å². The van der Waals surface area contributed by atoms with E-state index in [4.69, 9.17) is 4.74 Å². The monoisotopic (exact) mass is 447 g/mol. The Bertz CT molecular complexity index is 922. The molecule has 3 atom stereocenters. The first-order valence-electron chi connectivity index (χ1n) is 11.5. The summed E-state index contributed by atoms with van der Waals surface area (Å²) >= 11 is 0. The molecule has 32 heavy (non-hydrogen) atoms. The number of aromatic nitrogens is 4. The number of hydrogen-bond donors (Lipinski definition) is 3. The summed E-state index contributed by atoms with van der Waals surface area (Å²) in [5, 5.41) is 16.8. The van der Waals surface area contributed by atoms with Crippen molar-refractivity contribution in [3.8, 4) is 0 Å². The molecule has 0 bridgehead atoms. The van der Waals surface area contributed by atoms with Gasteiger partial charge in [-0.25, -0.2) is 9.78 Å². The number of imidazole rings is 1. The van der Waals surface area contributed by atoms with Gasteiger partial charge in [0.05, 0.1) is 18.5 Å². The lowest BCUT2D eigenvalue weighted by Crippen LogP contribution is -2.47. The van der Waals surface area contributed by atoms with Crippen molar-refractivity contribution >= 4 is 29.0 Å². The molecule has 0 aromatic carbocycles. The van der Waals surface area contributed by atoms with E-state index in [0.29, 0.717) is 30.4 Å². The van der Waals surface area contributed by atoms with Crippen LogP contribution in [0.2, 0.25) is 0 Å². The van der Waals surface area contributed by atoms with E-state index >= 15 is 0 Å². The normalized spacial score (nSPS) is 19.0. The Kier molecular flexibility index (Phi) is 7.43. The van der Waals surface area contributed by atoms with Crippen molar-refractivity contribution in [2.24, 2.45) is 0 Å². The van der Waals surface area contributed by atoms with Gasteiger partial charge >= 0.3 is 6.09 Å². The molecular weight excluding hydrogens is 410 g/mol. The zero-order valence-electron chi connectivity index (χ0n) is 20.1. The van der Waals surface area contributed by atoms with E-state index in [9.17, 15) is 9.90 Å². The van der Waals surface area contributed by atoms with E-state index in [1.54, 1.807) is 18.2 Å². The molecule has 2 aromatic heterocycles. The highest BCUT2D eigenvalue weighted by molar-refractivity contribution is 5.84.